The van der Waals surface area contributed by atoms with Crippen LogP contribution in [-0.4, -0.2) is 45.4 Å². The zero-order chi connectivity index (χ0) is 23.8. The van der Waals surface area contributed by atoms with E-state index in [4.69, 9.17) is 9.47 Å². The van der Waals surface area contributed by atoms with E-state index in [0.29, 0.717) is 22.2 Å². The second kappa shape index (κ2) is 8.88. The average molecular weight is 478 g/mol. The number of anilines is 2. The standard InChI is InChI=1S/C24H23N5O4S/c1-14(2)33-16-4-6-19-18(11-16)24(27-26-19)15-8-9-25-22(10-15)28-34(31)17-5-7-21-20(12-17)29(3)23(30)13-32-21/h4-12,14H,13H2,1-3H3,(H,25,28)(H,26,27)/t34-/m0/s1. The molecule has 2 N–H and O–H groups in total. The number of carbonyl (C=O) groups is 1. The quantitative estimate of drug-likeness (QED) is 0.405. The van der Waals surface area contributed by atoms with Crippen LogP contribution in [0.3, 0.4) is 0 Å². The van der Waals surface area contributed by atoms with Gasteiger partial charge >= 0.3 is 0 Å². The van der Waals surface area contributed by atoms with E-state index in [9.17, 15) is 9.35 Å². The zero-order valence-electron chi connectivity index (χ0n) is 18.9. The molecule has 4 aromatic rings. The Labute approximate surface area is 199 Å². The minimum Gasteiger partial charge on any atom is -0.588 e. The predicted octanol–water partition coefficient (Wildman–Crippen LogP) is 3.90. The number of nitrogens with one attached hydrogen (secondary N) is 2. The lowest BCUT2D eigenvalue weighted by Gasteiger charge is -2.26. The fourth-order valence-corrected chi connectivity index (χ4v) is 4.54. The molecule has 174 valence electrons. The summed E-state index contributed by atoms with van der Waals surface area (Å²) in [6.45, 7) is 3.95. The molecule has 3 heterocycles. The summed E-state index contributed by atoms with van der Waals surface area (Å²) < 4.78 is 27.2. The van der Waals surface area contributed by atoms with Gasteiger partial charge in [-0.3, -0.25) is 9.89 Å². The van der Waals surface area contributed by atoms with Gasteiger partial charge in [0.1, 0.15) is 28.6 Å². The van der Waals surface area contributed by atoms with Gasteiger partial charge in [-0.05, 0) is 56.3 Å². The van der Waals surface area contributed by atoms with E-state index in [1.165, 1.54) is 4.90 Å². The lowest BCUT2D eigenvalue weighted by atomic mass is 10.1. The highest BCUT2D eigenvalue weighted by atomic mass is 32.2. The fraction of sp³-hybridized carbons (Fsp3) is 0.208. The minimum absolute atomic E-state index is 0.00609. The number of H-pyrrole nitrogens is 1. The molecule has 34 heavy (non-hydrogen) atoms. The molecule has 10 heteroatoms. The molecule has 0 fully saturated rings. The number of benzene rings is 2. The maximum Gasteiger partial charge on any atom is 0.264 e. The molecule has 1 aliphatic heterocycles. The summed E-state index contributed by atoms with van der Waals surface area (Å²) in [7, 11) is 1.67. The monoisotopic (exact) mass is 477 g/mol. The van der Waals surface area contributed by atoms with Gasteiger partial charge in [-0.1, -0.05) is 0 Å². The van der Waals surface area contributed by atoms with Gasteiger partial charge in [0.25, 0.3) is 5.91 Å². The second-order valence-corrected chi connectivity index (χ2v) is 9.33. The van der Waals surface area contributed by atoms with Crippen LogP contribution in [0, 0.1) is 0 Å². The van der Waals surface area contributed by atoms with Gasteiger partial charge in [0, 0.05) is 30.3 Å². The van der Waals surface area contributed by atoms with Crippen molar-refractivity contribution in [2.75, 3.05) is 23.3 Å². The zero-order valence-corrected chi connectivity index (χ0v) is 19.7. The van der Waals surface area contributed by atoms with Crippen molar-refractivity contribution in [3.63, 3.8) is 0 Å². The highest BCUT2D eigenvalue weighted by Gasteiger charge is 2.25. The first-order valence-electron chi connectivity index (χ1n) is 10.7. The number of fused-ring (bicyclic) bond motifs is 2. The second-order valence-electron chi connectivity index (χ2n) is 8.12. The molecular weight excluding hydrogens is 454 g/mol. The molecular formula is C24H23N5O4S. The maximum absolute atomic E-state index is 13.0. The molecule has 2 aromatic heterocycles. The molecule has 0 saturated heterocycles. The Hall–Kier alpha value is -3.76. The smallest absolute Gasteiger partial charge is 0.264 e. The summed E-state index contributed by atoms with van der Waals surface area (Å²) in [4.78, 5) is 18.2. The van der Waals surface area contributed by atoms with E-state index >= 15 is 0 Å². The molecule has 1 atom stereocenters. The largest absolute Gasteiger partial charge is 0.588 e. The van der Waals surface area contributed by atoms with Gasteiger partial charge in [0.2, 0.25) is 0 Å². The van der Waals surface area contributed by atoms with Crippen LogP contribution in [0.25, 0.3) is 22.2 Å². The van der Waals surface area contributed by atoms with Crippen LogP contribution < -0.4 is 19.1 Å². The third kappa shape index (κ3) is 4.25. The van der Waals surface area contributed by atoms with E-state index < -0.39 is 11.4 Å². The molecule has 0 saturated carbocycles. The highest BCUT2D eigenvalue weighted by molar-refractivity contribution is 7.92. The van der Waals surface area contributed by atoms with Gasteiger partial charge in [-0.25, -0.2) is 4.98 Å². The molecule has 5 rings (SSSR count). The summed E-state index contributed by atoms with van der Waals surface area (Å²) in [6, 6.07) is 14.5. The fourth-order valence-electron chi connectivity index (χ4n) is 3.71. The molecule has 0 unspecified atom stereocenters. The molecule has 1 aliphatic rings. The van der Waals surface area contributed by atoms with Crippen molar-refractivity contribution in [3.05, 3.63) is 54.7 Å². The van der Waals surface area contributed by atoms with E-state index in [2.05, 4.69) is 19.9 Å². The van der Waals surface area contributed by atoms with Crippen molar-refractivity contribution >= 4 is 39.7 Å². The Balaban J connectivity index is 1.41. The molecule has 0 aliphatic carbocycles. The molecule has 0 spiro atoms. The number of likely N-dealkylation sites (N-methyl/N-ethyl adjacent to an activating group) is 1. The van der Waals surface area contributed by atoms with Crippen molar-refractivity contribution in [2.45, 2.75) is 24.8 Å². The van der Waals surface area contributed by atoms with Crippen LogP contribution in [0.15, 0.2) is 59.6 Å². The number of hydrogen-bond acceptors (Lipinski definition) is 7. The third-order valence-electron chi connectivity index (χ3n) is 5.37. The lowest BCUT2D eigenvalue weighted by molar-refractivity contribution is -0.120. The Morgan fingerprint density at radius 1 is 1.21 bits per heavy atom. The number of aromatic nitrogens is 3. The predicted molar refractivity (Wildman–Crippen MR) is 130 cm³/mol. The van der Waals surface area contributed by atoms with Gasteiger partial charge in [0.15, 0.2) is 17.3 Å². The minimum atomic E-state index is -1.61. The van der Waals surface area contributed by atoms with E-state index in [1.54, 1.807) is 37.5 Å². The number of hydrogen-bond donors (Lipinski definition) is 2. The van der Waals surface area contributed by atoms with Crippen LogP contribution in [-0.2, 0) is 16.2 Å². The summed E-state index contributed by atoms with van der Waals surface area (Å²) in [5.74, 6) is 1.61. The summed E-state index contributed by atoms with van der Waals surface area (Å²) in [5, 5.41) is 8.42. The van der Waals surface area contributed by atoms with Crippen LogP contribution in [0.4, 0.5) is 11.5 Å². The number of rotatable bonds is 6. The Morgan fingerprint density at radius 3 is 2.88 bits per heavy atom. The topological polar surface area (TPSA) is 115 Å². The Bertz CT molecular complexity index is 1370. The Morgan fingerprint density at radius 2 is 2.06 bits per heavy atom. The molecule has 2 aromatic carbocycles. The molecule has 9 nitrogen and oxygen atoms in total. The molecule has 0 bridgehead atoms. The van der Waals surface area contributed by atoms with Crippen LogP contribution in [0.1, 0.15) is 13.8 Å². The van der Waals surface area contributed by atoms with Gasteiger partial charge in [-0.15, -0.1) is 0 Å². The first kappa shape index (κ1) is 22.1. The maximum atomic E-state index is 13.0. The first-order chi connectivity index (χ1) is 16.4. The van der Waals surface area contributed by atoms with Gasteiger partial charge in [-0.2, -0.15) is 9.82 Å². The van der Waals surface area contributed by atoms with Gasteiger partial charge < -0.3 is 18.9 Å². The third-order valence-corrected chi connectivity index (χ3v) is 6.44. The molecule has 1 amide bonds. The van der Waals surface area contributed by atoms with Crippen molar-refractivity contribution in [1.29, 1.82) is 0 Å². The van der Waals surface area contributed by atoms with Crippen molar-refractivity contribution < 1.29 is 18.8 Å². The number of nitrogens with zero attached hydrogens (tertiary/aromatic N) is 3. The number of pyridine rings is 1. The van der Waals surface area contributed by atoms with E-state index in [-0.39, 0.29) is 18.6 Å². The number of carbonyl (C=O) groups excluding carboxylic acids is 1. The first-order valence-corrected chi connectivity index (χ1v) is 11.9. The SMILES string of the molecule is CC(C)Oc1ccc2[nH]nc(-c3ccnc(N[S@@+]([O-])c4ccc5c(c4)N(C)C(=O)CO5)c3)c2c1. The summed E-state index contributed by atoms with van der Waals surface area (Å²) >= 11 is -1.61. The van der Waals surface area contributed by atoms with Crippen molar-refractivity contribution in [2.24, 2.45) is 0 Å². The van der Waals surface area contributed by atoms with Crippen LogP contribution >= 0.6 is 0 Å². The Kier molecular flexibility index (Phi) is 5.76. The summed E-state index contributed by atoms with van der Waals surface area (Å²) in [6.07, 6.45) is 1.70. The van der Waals surface area contributed by atoms with Crippen molar-refractivity contribution in [1.82, 2.24) is 15.2 Å². The lowest BCUT2D eigenvalue weighted by Crippen LogP contribution is -2.35. The number of ether oxygens (including phenoxy) is 2. The van der Waals surface area contributed by atoms with Gasteiger partial charge in [0.05, 0.1) is 17.3 Å². The van der Waals surface area contributed by atoms with E-state index in [0.717, 1.165) is 27.9 Å². The van der Waals surface area contributed by atoms with Crippen molar-refractivity contribution in [3.8, 4) is 22.8 Å². The number of aromatic amines is 1. The van der Waals surface area contributed by atoms with E-state index in [1.807, 2.05) is 38.1 Å². The van der Waals surface area contributed by atoms with Crippen LogP contribution in [0.5, 0.6) is 11.5 Å². The highest BCUT2D eigenvalue weighted by Crippen LogP contribution is 2.34. The average Bonchev–Trinajstić information content (AvgIpc) is 3.24. The normalized spacial score (nSPS) is 14.1. The van der Waals surface area contributed by atoms with Crippen LogP contribution in [0.2, 0.25) is 0 Å². The number of amides is 1. The molecule has 0 radical (unpaired) electrons. The summed E-state index contributed by atoms with van der Waals surface area (Å²) in [5.41, 5.74) is 3.02.